The average Bonchev–Trinajstić information content (AvgIpc) is 2.39. The second kappa shape index (κ2) is 5.74. The lowest BCUT2D eigenvalue weighted by Crippen LogP contribution is -2.12. The van der Waals surface area contributed by atoms with Gasteiger partial charge < -0.3 is 10.5 Å². The van der Waals surface area contributed by atoms with Crippen molar-refractivity contribution in [1.82, 2.24) is 0 Å². The van der Waals surface area contributed by atoms with Crippen molar-refractivity contribution in [3.8, 4) is 5.75 Å². The predicted octanol–water partition coefficient (Wildman–Crippen LogP) is 4.16. The van der Waals surface area contributed by atoms with Crippen molar-refractivity contribution in [2.45, 2.75) is 6.04 Å². The summed E-state index contributed by atoms with van der Waals surface area (Å²) in [6.07, 6.45) is 0. The van der Waals surface area contributed by atoms with Crippen LogP contribution in [0.2, 0.25) is 5.02 Å². The minimum Gasteiger partial charge on any atom is -0.495 e. The second-order valence-corrected chi connectivity index (χ2v) is 5.15. The highest BCUT2D eigenvalue weighted by atomic mass is 79.9. The van der Waals surface area contributed by atoms with Crippen LogP contribution in [0.4, 0.5) is 0 Å². The number of methoxy groups -OCH3 is 1. The number of benzene rings is 2. The molecular formula is C14H13BrClNO. The van der Waals surface area contributed by atoms with Gasteiger partial charge in [-0.2, -0.15) is 0 Å². The molecule has 0 aromatic heterocycles. The van der Waals surface area contributed by atoms with Crippen molar-refractivity contribution < 1.29 is 4.74 Å². The fraction of sp³-hybridized carbons (Fsp3) is 0.143. The summed E-state index contributed by atoms with van der Waals surface area (Å²) in [6.45, 7) is 0. The smallest absolute Gasteiger partial charge is 0.137 e. The van der Waals surface area contributed by atoms with Crippen LogP contribution in [0, 0.1) is 0 Å². The van der Waals surface area contributed by atoms with Crippen LogP contribution in [0.1, 0.15) is 17.2 Å². The van der Waals surface area contributed by atoms with Crippen molar-refractivity contribution in [3.05, 3.63) is 63.1 Å². The molecule has 2 rings (SSSR count). The van der Waals surface area contributed by atoms with E-state index in [2.05, 4.69) is 15.9 Å². The van der Waals surface area contributed by atoms with Crippen LogP contribution in [-0.4, -0.2) is 7.11 Å². The van der Waals surface area contributed by atoms with Crippen LogP contribution in [0.25, 0.3) is 0 Å². The topological polar surface area (TPSA) is 35.2 Å². The van der Waals surface area contributed by atoms with Crippen LogP contribution in [0.15, 0.2) is 46.9 Å². The summed E-state index contributed by atoms with van der Waals surface area (Å²) >= 11 is 9.51. The van der Waals surface area contributed by atoms with Crippen molar-refractivity contribution >= 4 is 27.5 Å². The van der Waals surface area contributed by atoms with E-state index in [1.807, 2.05) is 36.4 Å². The van der Waals surface area contributed by atoms with Gasteiger partial charge >= 0.3 is 0 Å². The highest BCUT2D eigenvalue weighted by molar-refractivity contribution is 9.10. The summed E-state index contributed by atoms with van der Waals surface area (Å²) in [6, 6.07) is 13.3. The number of nitrogens with two attached hydrogens (primary N) is 1. The Balaban J connectivity index is 2.40. The fourth-order valence-electron chi connectivity index (χ4n) is 1.78. The molecule has 1 atom stereocenters. The van der Waals surface area contributed by atoms with E-state index in [1.54, 1.807) is 13.2 Å². The molecule has 18 heavy (non-hydrogen) atoms. The van der Waals surface area contributed by atoms with Gasteiger partial charge in [-0.1, -0.05) is 51.8 Å². The lowest BCUT2D eigenvalue weighted by molar-refractivity contribution is 0.414. The van der Waals surface area contributed by atoms with Crippen molar-refractivity contribution in [2.75, 3.05) is 7.11 Å². The third-order valence-corrected chi connectivity index (χ3v) is 3.81. The standard InChI is InChI=1S/C14H13BrClNO/c1-18-13-8-9(6-7-12(13)16)14(17)10-4-2-3-5-11(10)15/h2-8,14H,17H2,1H3. The Morgan fingerprint density at radius 3 is 2.61 bits per heavy atom. The zero-order chi connectivity index (χ0) is 13.1. The van der Waals surface area contributed by atoms with Crippen LogP contribution in [0.5, 0.6) is 5.75 Å². The van der Waals surface area contributed by atoms with E-state index in [0.717, 1.165) is 15.6 Å². The third-order valence-electron chi connectivity index (χ3n) is 2.77. The minimum atomic E-state index is -0.216. The summed E-state index contributed by atoms with van der Waals surface area (Å²) < 4.78 is 6.19. The Labute approximate surface area is 120 Å². The first-order valence-corrected chi connectivity index (χ1v) is 6.64. The molecule has 2 N–H and O–H groups in total. The minimum absolute atomic E-state index is 0.216. The third kappa shape index (κ3) is 2.69. The number of hydrogen-bond donors (Lipinski definition) is 1. The Morgan fingerprint density at radius 2 is 1.94 bits per heavy atom. The summed E-state index contributed by atoms with van der Waals surface area (Å²) in [7, 11) is 1.59. The number of halogens is 2. The summed E-state index contributed by atoms with van der Waals surface area (Å²) in [5.41, 5.74) is 8.25. The number of rotatable bonds is 3. The zero-order valence-electron chi connectivity index (χ0n) is 9.86. The molecule has 0 aliphatic heterocycles. The lowest BCUT2D eigenvalue weighted by atomic mass is 9.99. The average molecular weight is 327 g/mol. The molecule has 0 radical (unpaired) electrons. The molecule has 0 heterocycles. The molecule has 0 aliphatic carbocycles. The van der Waals surface area contributed by atoms with Gasteiger partial charge in [-0.15, -0.1) is 0 Å². The first kappa shape index (κ1) is 13.4. The molecule has 4 heteroatoms. The van der Waals surface area contributed by atoms with Crippen molar-refractivity contribution in [1.29, 1.82) is 0 Å². The fourth-order valence-corrected chi connectivity index (χ4v) is 2.50. The normalized spacial score (nSPS) is 12.2. The molecule has 2 aromatic rings. The molecule has 2 aromatic carbocycles. The number of hydrogen-bond acceptors (Lipinski definition) is 2. The zero-order valence-corrected chi connectivity index (χ0v) is 12.2. The molecule has 0 amide bonds. The van der Waals surface area contributed by atoms with E-state index in [9.17, 15) is 0 Å². The Kier molecular flexibility index (Phi) is 4.27. The molecule has 0 saturated heterocycles. The van der Waals surface area contributed by atoms with Gasteiger partial charge in [0.1, 0.15) is 5.75 Å². The molecule has 0 spiro atoms. The maximum absolute atomic E-state index is 6.26. The van der Waals surface area contributed by atoms with E-state index in [1.165, 1.54) is 0 Å². The van der Waals surface area contributed by atoms with E-state index < -0.39 is 0 Å². The Bertz CT molecular complexity index is 559. The lowest BCUT2D eigenvalue weighted by Gasteiger charge is -2.15. The quantitative estimate of drug-likeness (QED) is 0.919. The SMILES string of the molecule is COc1cc(C(N)c2ccccc2Br)ccc1Cl. The van der Waals surface area contributed by atoms with Gasteiger partial charge in [-0.25, -0.2) is 0 Å². The predicted molar refractivity (Wildman–Crippen MR) is 78.2 cm³/mol. The van der Waals surface area contributed by atoms with Gasteiger partial charge in [0, 0.05) is 4.47 Å². The summed E-state index contributed by atoms with van der Waals surface area (Å²) in [5.74, 6) is 0.636. The first-order chi connectivity index (χ1) is 8.63. The van der Waals surface area contributed by atoms with Gasteiger partial charge in [0.25, 0.3) is 0 Å². The van der Waals surface area contributed by atoms with Crippen LogP contribution >= 0.6 is 27.5 Å². The van der Waals surface area contributed by atoms with Gasteiger partial charge in [0.2, 0.25) is 0 Å². The highest BCUT2D eigenvalue weighted by Gasteiger charge is 2.13. The second-order valence-electron chi connectivity index (χ2n) is 3.89. The van der Waals surface area contributed by atoms with Gasteiger partial charge in [-0.3, -0.25) is 0 Å². The maximum Gasteiger partial charge on any atom is 0.137 e. The van der Waals surface area contributed by atoms with Crippen LogP contribution in [-0.2, 0) is 0 Å². The monoisotopic (exact) mass is 325 g/mol. The molecular weight excluding hydrogens is 314 g/mol. The molecule has 0 aliphatic rings. The molecule has 2 nitrogen and oxygen atoms in total. The summed E-state index contributed by atoms with van der Waals surface area (Å²) in [5, 5.41) is 0.584. The van der Waals surface area contributed by atoms with Crippen LogP contribution < -0.4 is 10.5 Å². The van der Waals surface area contributed by atoms with E-state index in [-0.39, 0.29) is 6.04 Å². The first-order valence-electron chi connectivity index (χ1n) is 5.47. The van der Waals surface area contributed by atoms with E-state index >= 15 is 0 Å². The molecule has 94 valence electrons. The van der Waals surface area contributed by atoms with Gasteiger partial charge in [0.15, 0.2) is 0 Å². The molecule has 0 bridgehead atoms. The van der Waals surface area contributed by atoms with E-state index in [4.69, 9.17) is 22.1 Å². The molecule has 1 unspecified atom stereocenters. The van der Waals surface area contributed by atoms with Gasteiger partial charge in [0.05, 0.1) is 18.2 Å². The summed E-state index contributed by atoms with van der Waals surface area (Å²) in [4.78, 5) is 0. The van der Waals surface area contributed by atoms with E-state index in [0.29, 0.717) is 10.8 Å². The largest absolute Gasteiger partial charge is 0.495 e. The Morgan fingerprint density at radius 1 is 1.22 bits per heavy atom. The number of ether oxygens (including phenoxy) is 1. The van der Waals surface area contributed by atoms with Crippen molar-refractivity contribution in [3.63, 3.8) is 0 Å². The highest BCUT2D eigenvalue weighted by Crippen LogP contribution is 2.31. The maximum atomic E-state index is 6.26. The van der Waals surface area contributed by atoms with Gasteiger partial charge in [-0.05, 0) is 29.3 Å². The van der Waals surface area contributed by atoms with Crippen LogP contribution in [0.3, 0.4) is 0 Å². The molecule has 0 saturated carbocycles. The van der Waals surface area contributed by atoms with Crippen molar-refractivity contribution in [2.24, 2.45) is 5.73 Å². The Hall–Kier alpha value is -1.03. The molecule has 0 fully saturated rings.